The van der Waals surface area contributed by atoms with Crippen molar-refractivity contribution in [3.8, 4) is 0 Å². The zero-order valence-corrected chi connectivity index (χ0v) is 13.6. The van der Waals surface area contributed by atoms with E-state index in [9.17, 15) is 4.79 Å². The summed E-state index contributed by atoms with van der Waals surface area (Å²) in [5.74, 6) is 1.30. The molecule has 2 aromatic rings. The second kappa shape index (κ2) is 7.78. The van der Waals surface area contributed by atoms with E-state index in [1.54, 1.807) is 6.07 Å². The predicted octanol–water partition coefficient (Wildman–Crippen LogP) is 1.06. The number of hydrogen-bond acceptors (Lipinski definition) is 7. The monoisotopic (exact) mass is 331 g/mol. The number of anilines is 2. The minimum Gasteiger partial charge on any atom is -0.472 e. The lowest BCUT2D eigenvalue weighted by atomic mass is 10.3. The predicted molar refractivity (Wildman–Crippen MR) is 89.3 cm³/mol. The molecule has 0 bridgehead atoms. The molecule has 0 aliphatic carbocycles. The molecular formula is C16H21N5O3. The number of aryl methyl sites for hydroxylation is 1. The van der Waals surface area contributed by atoms with Gasteiger partial charge >= 0.3 is 0 Å². The van der Waals surface area contributed by atoms with Crippen molar-refractivity contribution in [1.29, 1.82) is 0 Å². The van der Waals surface area contributed by atoms with E-state index in [1.807, 2.05) is 13.0 Å². The maximum atomic E-state index is 11.8. The van der Waals surface area contributed by atoms with E-state index in [-0.39, 0.29) is 5.91 Å². The Balaban J connectivity index is 1.51. The summed E-state index contributed by atoms with van der Waals surface area (Å²) in [5.41, 5.74) is 1.41. The molecular weight excluding hydrogens is 310 g/mol. The Morgan fingerprint density at radius 3 is 2.88 bits per heavy atom. The average molecular weight is 331 g/mol. The average Bonchev–Trinajstić information content (AvgIpc) is 3.14. The fourth-order valence-corrected chi connectivity index (χ4v) is 2.43. The molecule has 0 atom stereocenters. The highest BCUT2D eigenvalue weighted by Crippen LogP contribution is 2.16. The molecule has 1 fully saturated rings. The van der Waals surface area contributed by atoms with Crippen LogP contribution in [0.5, 0.6) is 0 Å². The SMILES string of the molecule is Cc1cc(N2CCOCC2)nc(NCCNC(=O)c2ccoc2)n1. The second-order valence-electron chi connectivity index (χ2n) is 5.49. The lowest BCUT2D eigenvalue weighted by Crippen LogP contribution is -2.37. The third-order valence-electron chi connectivity index (χ3n) is 3.65. The van der Waals surface area contributed by atoms with Crippen molar-refractivity contribution >= 4 is 17.7 Å². The van der Waals surface area contributed by atoms with Crippen LogP contribution >= 0.6 is 0 Å². The van der Waals surface area contributed by atoms with Crippen molar-refractivity contribution in [2.75, 3.05) is 49.6 Å². The van der Waals surface area contributed by atoms with E-state index in [1.165, 1.54) is 12.5 Å². The molecule has 1 aliphatic heterocycles. The van der Waals surface area contributed by atoms with Crippen molar-refractivity contribution in [2.24, 2.45) is 0 Å². The summed E-state index contributed by atoms with van der Waals surface area (Å²) in [6.07, 6.45) is 2.89. The van der Waals surface area contributed by atoms with Crippen LogP contribution in [0.25, 0.3) is 0 Å². The van der Waals surface area contributed by atoms with Crippen LogP contribution in [0.4, 0.5) is 11.8 Å². The van der Waals surface area contributed by atoms with Gasteiger partial charge in [-0.25, -0.2) is 4.98 Å². The Morgan fingerprint density at radius 2 is 2.12 bits per heavy atom. The van der Waals surface area contributed by atoms with Gasteiger partial charge in [-0.2, -0.15) is 4.98 Å². The van der Waals surface area contributed by atoms with Crippen molar-refractivity contribution in [2.45, 2.75) is 6.92 Å². The number of nitrogens with zero attached hydrogens (tertiary/aromatic N) is 3. The fourth-order valence-electron chi connectivity index (χ4n) is 2.43. The van der Waals surface area contributed by atoms with E-state index in [2.05, 4.69) is 25.5 Å². The number of amides is 1. The number of carbonyl (C=O) groups is 1. The van der Waals surface area contributed by atoms with Gasteiger partial charge in [0.2, 0.25) is 5.95 Å². The summed E-state index contributed by atoms with van der Waals surface area (Å²) in [4.78, 5) is 22.9. The van der Waals surface area contributed by atoms with E-state index >= 15 is 0 Å². The molecule has 128 valence electrons. The number of rotatable bonds is 6. The maximum absolute atomic E-state index is 11.8. The fraction of sp³-hybridized carbons (Fsp3) is 0.438. The first-order valence-electron chi connectivity index (χ1n) is 7.95. The van der Waals surface area contributed by atoms with E-state index < -0.39 is 0 Å². The van der Waals surface area contributed by atoms with Gasteiger partial charge in [0.25, 0.3) is 5.91 Å². The smallest absolute Gasteiger partial charge is 0.254 e. The first-order valence-corrected chi connectivity index (χ1v) is 7.95. The summed E-state index contributed by atoms with van der Waals surface area (Å²) >= 11 is 0. The normalized spacial score (nSPS) is 14.5. The topological polar surface area (TPSA) is 92.5 Å². The van der Waals surface area contributed by atoms with Gasteiger partial charge < -0.3 is 24.7 Å². The van der Waals surface area contributed by atoms with Crippen LogP contribution in [0.3, 0.4) is 0 Å². The van der Waals surface area contributed by atoms with Gasteiger partial charge in [-0.05, 0) is 13.0 Å². The number of morpholine rings is 1. The number of ether oxygens (including phenoxy) is 1. The van der Waals surface area contributed by atoms with Gasteiger partial charge in [-0.1, -0.05) is 0 Å². The zero-order chi connectivity index (χ0) is 16.8. The van der Waals surface area contributed by atoms with Crippen LogP contribution in [0, 0.1) is 6.92 Å². The van der Waals surface area contributed by atoms with Crippen LogP contribution in [0.15, 0.2) is 29.1 Å². The Kier molecular flexibility index (Phi) is 5.27. The molecule has 0 unspecified atom stereocenters. The molecule has 8 nitrogen and oxygen atoms in total. The standard InChI is InChI=1S/C16H21N5O3/c1-12-10-14(21-5-8-23-9-6-21)20-16(19-12)18-4-3-17-15(22)13-2-7-24-11-13/h2,7,10-11H,3-6,8-9H2,1H3,(H,17,22)(H,18,19,20). The van der Waals surface area contributed by atoms with Gasteiger partial charge in [0.05, 0.1) is 25.0 Å². The lowest BCUT2D eigenvalue weighted by Gasteiger charge is -2.28. The Hall–Kier alpha value is -2.61. The number of aromatic nitrogens is 2. The molecule has 24 heavy (non-hydrogen) atoms. The summed E-state index contributed by atoms with van der Waals surface area (Å²) in [6.45, 7) is 6.03. The van der Waals surface area contributed by atoms with Gasteiger partial charge in [-0.3, -0.25) is 4.79 Å². The first kappa shape index (κ1) is 16.3. The number of carbonyl (C=O) groups excluding carboxylic acids is 1. The molecule has 1 saturated heterocycles. The zero-order valence-electron chi connectivity index (χ0n) is 13.6. The van der Waals surface area contributed by atoms with Gasteiger partial charge in [0.1, 0.15) is 12.1 Å². The van der Waals surface area contributed by atoms with Crippen molar-refractivity contribution in [1.82, 2.24) is 15.3 Å². The van der Waals surface area contributed by atoms with Crippen LogP contribution in [0.2, 0.25) is 0 Å². The highest BCUT2D eigenvalue weighted by molar-refractivity contribution is 5.93. The minimum atomic E-state index is -0.162. The molecule has 0 radical (unpaired) electrons. The summed E-state index contributed by atoms with van der Waals surface area (Å²) in [5, 5.41) is 5.95. The molecule has 1 aliphatic rings. The van der Waals surface area contributed by atoms with Crippen LogP contribution < -0.4 is 15.5 Å². The minimum absolute atomic E-state index is 0.162. The van der Waals surface area contributed by atoms with Gasteiger partial charge in [0.15, 0.2) is 0 Å². The van der Waals surface area contributed by atoms with E-state index in [4.69, 9.17) is 9.15 Å². The van der Waals surface area contributed by atoms with Crippen molar-refractivity contribution in [3.05, 3.63) is 35.9 Å². The maximum Gasteiger partial charge on any atom is 0.254 e. The van der Waals surface area contributed by atoms with Crippen molar-refractivity contribution in [3.63, 3.8) is 0 Å². The van der Waals surface area contributed by atoms with Gasteiger partial charge in [0, 0.05) is 37.9 Å². The highest BCUT2D eigenvalue weighted by atomic mass is 16.5. The molecule has 1 amide bonds. The van der Waals surface area contributed by atoms with Gasteiger partial charge in [-0.15, -0.1) is 0 Å². The van der Waals surface area contributed by atoms with Crippen LogP contribution in [0.1, 0.15) is 16.1 Å². The number of hydrogen-bond donors (Lipinski definition) is 2. The van der Waals surface area contributed by atoms with E-state index in [0.717, 1.165) is 24.6 Å². The van der Waals surface area contributed by atoms with Crippen LogP contribution in [-0.2, 0) is 4.74 Å². The quantitative estimate of drug-likeness (QED) is 0.765. The Morgan fingerprint density at radius 1 is 1.29 bits per heavy atom. The Labute approximate surface area is 140 Å². The number of furan rings is 1. The van der Waals surface area contributed by atoms with Crippen molar-refractivity contribution < 1.29 is 13.9 Å². The van der Waals surface area contributed by atoms with Crippen LogP contribution in [-0.4, -0.2) is 55.3 Å². The molecule has 2 aromatic heterocycles. The molecule has 8 heteroatoms. The first-order chi connectivity index (χ1) is 11.7. The molecule has 0 saturated carbocycles. The van der Waals surface area contributed by atoms with E-state index in [0.29, 0.717) is 37.8 Å². The second-order valence-corrected chi connectivity index (χ2v) is 5.49. The summed E-state index contributed by atoms with van der Waals surface area (Å²) in [7, 11) is 0. The lowest BCUT2D eigenvalue weighted by molar-refractivity contribution is 0.0954. The third-order valence-corrected chi connectivity index (χ3v) is 3.65. The molecule has 3 rings (SSSR count). The molecule has 3 heterocycles. The highest BCUT2D eigenvalue weighted by Gasteiger charge is 2.14. The molecule has 0 aromatic carbocycles. The Bertz CT molecular complexity index is 668. The largest absolute Gasteiger partial charge is 0.472 e. The molecule has 2 N–H and O–H groups in total. The number of nitrogens with one attached hydrogen (secondary N) is 2. The molecule has 0 spiro atoms. The summed E-state index contributed by atoms with van der Waals surface area (Å²) in [6, 6.07) is 3.60. The third kappa shape index (κ3) is 4.23. The summed E-state index contributed by atoms with van der Waals surface area (Å²) < 4.78 is 10.3.